The lowest BCUT2D eigenvalue weighted by molar-refractivity contribution is 0.212. The minimum Gasteiger partial charge on any atom is -0.359 e. The zero-order valence-corrected chi connectivity index (χ0v) is 15.3. The van der Waals surface area contributed by atoms with Gasteiger partial charge in [-0.25, -0.2) is 4.79 Å². The third-order valence-electron chi connectivity index (χ3n) is 4.43. The van der Waals surface area contributed by atoms with Crippen LogP contribution in [-0.4, -0.2) is 22.6 Å². The summed E-state index contributed by atoms with van der Waals surface area (Å²) in [4.78, 5) is 14.6. The molecule has 1 N–H and O–H groups in total. The van der Waals surface area contributed by atoms with Crippen LogP contribution in [0.25, 0.3) is 11.3 Å². The second-order valence-corrected chi connectivity index (χ2v) is 6.20. The molecule has 26 heavy (non-hydrogen) atoms. The lowest BCUT2D eigenvalue weighted by Gasteiger charge is -2.22. The quantitative estimate of drug-likeness (QED) is 0.704. The molecule has 3 rings (SSSR count). The van der Waals surface area contributed by atoms with Crippen molar-refractivity contribution in [2.45, 2.75) is 27.3 Å². The molecule has 0 aliphatic carbocycles. The number of nitrogens with one attached hydrogen (secondary N) is 1. The average Bonchev–Trinajstić information content (AvgIpc) is 3.02. The van der Waals surface area contributed by atoms with Crippen molar-refractivity contribution in [2.75, 3.05) is 11.9 Å². The van der Waals surface area contributed by atoms with Crippen LogP contribution in [0.3, 0.4) is 0 Å². The largest absolute Gasteiger partial charge is 0.359 e. The third-order valence-corrected chi connectivity index (χ3v) is 4.43. The topological polar surface area (TPSA) is 58.4 Å². The first-order valence-electron chi connectivity index (χ1n) is 8.72. The van der Waals surface area contributed by atoms with Gasteiger partial charge in [0.2, 0.25) is 0 Å². The highest BCUT2D eigenvalue weighted by Gasteiger charge is 2.20. The summed E-state index contributed by atoms with van der Waals surface area (Å²) in [6.07, 6.45) is 0. The molecule has 2 amide bonds. The minimum atomic E-state index is -0.167. The van der Waals surface area contributed by atoms with E-state index < -0.39 is 0 Å². The molecule has 0 saturated carbocycles. The number of aromatic nitrogens is 1. The molecule has 1 heterocycles. The highest BCUT2D eigenvalue weighted by atomic mass is 16.5. The van der Waals surface area contributed by atoms with Crippen molar-refractivity contribution < 1.29 is 9.32 Å². The van der Waals surface area contributed by atoms with Gasteiger partial charge in [0.1, 0.15) is 11.4 Å². The van der Waals surface area contributed by atoms with Gasteiger partial charge >= 0.3 is 6.03 Å². The molecule has 3 aromatic rings. The van der Waals surface area contributed by atoms with E-state index in [2.05, 4.69) is 23.5 Å². The van der Waals surface area contributed by atoms with E-state index in [0.717, 1.165) is 11.1 Å². The van der Waals surface area contributed by atoms with E-state index in [0.29, 0.717) is 30.2 Å². The van der Waals surface area contributed by atoms with Crippen molar-refractivity contribution >= 4 is 11.7 Å². The van der Waals surface area contributed by atoms with Gasteiger partial charge in [-0.1, -0.05) is 59.8 Å². The minimum absolute atomic E-state index is 0.167. The molecule has 0 bridgehead atoms. The molecule has 0 spiro atoms. The van der Waals surface area contributed by atoms with Crippen LogP contribution in [0.15, 0.2) is 59.1 Å². The van der Waals surface area contributed by atoms with E-state index in [1.807, 2.05) is 55.5 Å². The van der Waals surface area contributed by atoms with E-state index in [4.69, 9.17) is 4.52 Å². The molecular weight excluding hydrogens is 326 g/mol. The van der Waals surface area contributed by atoms with Gasteiger partial charge < -0.3 is 14.7 Å². The Bertz CT molecular complexity index is 887. The number of nitrogens with zero attached hydrogens (tertiary/aromatic N) is 2. The predicted octanol–water partition coefficient (Wildman–Crippen LogP) is 5.01. The van der Waals surface area contributed by atoms with Gasteiger partial charge in [0.05, 0.1) is 0 Å². The molecule has 0 radical (unpaired) electrons. The molecule has 5 heteroatoms. The summed E-state index contributed by atoms with van der Waals surface area (Å²) >= 11 is 0. The molecule has 0 unspecified atom stereocenters. The third kappa shape index (κ3) is 3.77. The smallest absolute Gasteiger partial charge is 0.322 e. The lowest BCUT2D eigenvalue weighted by Crippen LogP contribution is -2.34. The Labute approximate surface area is 153 Å². The van der Waals surface area contributed by atoms with E-state index >= 15 is 0 Å². The SMILES string of the molecule is CCN(Cc1ccccc1C)C(=O)Nc1c(-c2ccccc2)noc1C. The Morgan fingerprint density at radius 3 is 2.46 bits per heavy atom. The Balaban J connectivity index is 1.81. The van der Waals surface area contributed by atoms with Crippen molar-refractivity contribution in [3.8, 4) is 11.3 Å². The first kappa shape index (κ1) is 17.7. The maximum absolute atomic E-state index is 12.8. The summed E-state index contributed by atoms with van der Waals surface area (Å²) in [5.74, 6) is 0.587. The summed E-state index contributed by atoms with van der Waals surface area (Å²) in [7, 11) is 0. The number of amides is 2. The number of rotatable bonds is 5. The molecular formula is C21H23N3O2. The fourth-order valence-electron chi connectivity index (χ4n) is 2.82. The fraction of sp³-hybridized carbons (Fsp3) is 0.238. The number of hydrogen-bond acceptors (Lipinski definition) is 3. The van der Waals surface area contributed by atoms with E-state index in [9.17, 15) is 4.79 Å². The average molecular weight is 349 g/mol. The van der Waals surface area contributed by atoms with Crippen molar-refractivity contribution in [1.82, 2.24) is 10.1 Å². The van der Waals surface area contributed by atoms with Crippen LogP contribution in [0.1, 0.15) is 23.8 Å². The number of urea groups is 1. The molecule has 0 atom stereocenters. The van der Waals surface area contributed by atoms with Crippen LogP contribution < -0.4 is 5.32 Å². The standard InChI is InChI=1S/C21H23N3O2/c1-4-24(14-18-13-9-8-10-15(18)2)21(25)22-19-16(3)26-23-20(19)17-11-6-5-7-12-17/h5-13H,4,14H2,1-3H3,(H,22,25). The van der Waals surface area contributed by atoms with E-state index in [-0.39, 0.29) is 6.03 Å². The summed E-state index contributed by atoms with van der Waals surface area (Å²) in [6.45, 7) is 6.98. The molecule has 2 aromatic carbocycles. The maximum Gasteiger partial charge on any atom is 0.322 e. The van der Waals surface area contributed by atoms with Crippen LogP contribution >= 0.6 is 0 Å². The molecule has 1 aromatic heterocycles. The predicted molar refractivity (Wildman–Crippen MR) is 103 cm³/mol. The number of aryl methyl sites for hydroxylation is 2. The van der Waals surface area contributed by atoms with Crippen molar-refractivity contribution in [3.63, 3.8) is 0 Å². The van der Waals surface area contributed by atoms with Gasteiger partial charge in [0.25, 0.3) is 0 Å². The van der Waals surface area contributed by atoms with Gasteiger partial charge in [-0.05, 0) is 31.9 Å². The Hall–Kier alpha value is -3.08. The number of anilines is 1. The van der Waals surface area contributed by atoms with Crippen molar-refractivity contribution in [2.24, 2.45) is 0 Å². The second-order valence-electron chi connectivity index (χ2n) is 6.20. The van der Waals surface area contributed by atoms with Crippen molar-refractivity contribution in [3.05, 3.63) is 71.5 Å². The highest BCUT2D eigenvalue weighted by molar-refractivity contribution is 5.94. The van der Waals surface area contributed by atoms with Crippen LogP contribution in [0, 0.1) is 13.8 Å². The Morgan fingerprint density at radius 1 is 1.08 bits per heavy atom. The molecule has 0 aliphatic heterocycles. The molecule has 5 nitrogen and oxygen atoms in total. The summed E-state index contributed by atoms with van der Waals surface area (Å²) in [6, 6.07) is 17.6. The highest BCUT2D eigenvalue weighted by Crippen LogP contribution is 2.30. The van der Waals surface area contributed by atoms with E-state index in [1.165, 1.54) is 5.56 Å². The molecule has 0 saturated heterocycles. The first-order chi connectivity index (χ1) is 12.6. The molecule has 134 valence electrons. The zero-order chi connectivity index (χ0) is 18.5. The first-order valence-corrected chi connectivity index (χ1v) is 8.72. The Kier molecular flexibility index (Phi) is 5.37. The normalized spacial score (nSPS) is 10.6. The lowest BCUT2D eigenvalue weighted by atomic mass is 10.1. The van der Waals surface area contributed by atoms with Crippen LogP contribution in [0.4, 0.5) is 10.5 Å². The van der Waals surface area contributed by atoms with Gasteiger partial charge in [-0.2, -0.15) is 0 Å². The van der Waals surface area contributed by atoms with Crippen LogP contribution in [-0.2, 0) is 6.54 Å². The van der Waals surface area contributed by atoms with Gasteiger partial charge in [-0.3, -0.25) is 0 Å². The number of carbonyl (C=O) groups is 1. The Morgan fingerprint density at radius 2 is 1.77 bits per heavy atom. The number of benzene rings is 2. The maximum atomic E-state index is 12.8. The number of hydrogen-bond donors (Lipinski definition) is 1. The molecule has 0 aliphatic rings. The van der Waals surface area contributed by atoms with Crippen LogP contribution in [0.2, 0.25) is 0 Å². The zero-order valence-electron chi connectivity index (χ0n) is 15.3. The summed E-state index contributed by atoms with van der Waals surface area (Å²) in [5.41, 5.74) is 4.47. The van der Waals surface area contributed by atoms with Gasteiger partial charge in [-0.15, -0.1) is 0 Å². The van der Waals surface area contributed by atoms with Gasteiger partial charge in [0, 0.05) is 18.7 Å². The monoisotopic (exact) mass is 349 g/mol. The fourth-order valence-corrected chi connectivity index (χ4v) is 2.82. The second kappa shape index (κ2) is 7.87. The van der Waals surface area contributed by atoms with Crippen molar-refractivity contribution in [1.29, 1.82) is 0 Å². The van der Waals surface area contributed by atoms with Crippen LogP contribution in [0.5, 0.6) is 0 Å². The summed E-state index contributed by atoms with van der Waals surface area (Å²) < 4.78 is 5.32. The van der Waals surface area contributed by atoms with Gasteiger partial charge in [0.15, 0.2) is 5.76 Å². The van der Waals surface area contributed by atoms with E-state index in [1.54, 1.807) is 11.8 Å². The number of carbonyl (C=O) groups excluding carboxylic acids is 1. The summed E-state index contributed by atoms with van der Waals surface area (Å²) in [5, 5.41) is 7.09. The molecule has 0 fully saturated rings.